The molecule has 1 unspecified atom stereocenters. The molecule has 0 aliphatic carbocycles. The molecule has 2 aliphatic rings. The van der Waals surface area contributed by atoms with E-state index in [9.17, 15) is 4.79 Å². The van der Waals surface area contributed by atoms with Gasteiger partial charge in [-0.25, -0.2) is 4.99 Å². The van der Waals surface area contributed by atoms with Crippen molar-refractivity contribution >= 4 is 17.6 Å². The molecule has 0 spiro atoms. The zero-order valence-corrected chi connectivity index (χ0v) is 18.3. The van der Waals surface area contributed by atoms with Gasteiger partial charge in [0.1, 0.15) is 0 Å². The minimum Gasteiger partial charge on any atom is -0.357 e. The number of benzene rings is 1. The summed E-state index contributed by atoms with van der Waals surface area (Å²) in [5, 5.41) is 6.92. The third-order valence-corrected chi connectivity index (χ3v) is 5.94. The van der Waals surface area contributed by atoms with E-state index in [-0.39, 0.29) is 5.91 Å². The molecule has 1 aromatic rings. The van der Waals surface area contributed by atoms with Crippen molar-refractivity contribution in [2.24, 2.45) is 10.9 Å². The molecule has 1 aromatic carbocycles. The van der Waals surface area contributed by atoms with E-state index in [1.165, 1.54) is 25.9 Å². The molecule has 0 radical (unpaired) electrons. The number of carbonyl (C=O) groups excluding carboxylic acids is 1. The Bertz CT molecular complexity index is 679. The zero-order chi connectivity index (χ0) is 20.6. The van der Waals surface area contributed by atoms with Gasteiger partial charge in [-0.1, -0.05) is 26.0 Å². The van der Waals surface area contributed by atoms with E-state index in [2.05, 4.69) is 48.4 Å². The fraction of sp³-hybridized carbons (Fsp3) is 0.652. The Morgan fingerprint density at radius 2 is 1.79 bits per heavy atom. The Balaban J connectivity index is 1.57. The van der Waals surface area contributed by atoms with E-state index in [0.29, 0.717) is 24.9 Å². The quantitative estimate of drug-likeness (QED) is 0.521. The predicted octanol–water partition coefficient (Wildman–Crippen LogP) is 2.99. The number of amides is 1. The summed E-state index contributed by atoms with van der Waals surface area (Å²) in [5.74, 6) is 1.72. The van der Waals surface area contributed by atoms with Gasteiger partial charge in [0.25, 0.3) is 0 Å². The summed E-state index contributed by atoms with van der Waals surface area (Å²) >= 11 is 0. The topological polar surface area (TPSA) is 60.0 Å². The molecule has 1 atom stereocenters. The molecule has 6 heteroatoms. The van der Waals surface area contributed by atoms with E-state index in [1.54, 1.807) is 0 Å². The monoisotopic (exact) mass is 399 g/mol. The van der Waals surface area contributed by atoms with Crippen LogP contribution in [0, 0.1) is 5.92 Å². The summed E-state index contributed by atoms with van der Waals surface area (Å²) in [6.07, 6.45) is 4.25. The highest BCUT2D eigenvalue weighted by atomic mass is 16.2. The average molecular weight is 400 g/mol. The Morgan fingerprint density at radius 1 is 1.07 bits per heavy atom. The van der Waals surface area contributed by atoms with Gasteiger partial charge in [0, 0.05) is 37.8 Å². The van der Waals surface area contributed by atoms with Gasteiger partial charge in [0.2, 0.25) is 5.91 Å². The molecule has 6 nitrogen and oxygen atoms in total. The molecule has 1 amide bonds. The van der Waals surface area contributed by atoms with Crippen LogP contribution < -0.4 is 15.5 Å². The minimum absolute atomic E-state index is 0.229. The second-order valence-electron chi connectivity index (χ2n) is 8.45. The highest BCUT2D eigenvalue weighted by molar-refractivity contribution is 5.95. The van der Waals surface area contributed by atoms with Crippen LogP contribution in [-0.4, -0.2) is 55.5 Å². The minimum atomic E-state index is 0.229. The van der Waals surface area contributed by atoms with Gasteiger partial charge in [-0.15, -0.1) is 0 Å². The van der Waals surface area contributed by atoms with E-state index in [1.807, 2.05) is 17.0 Å². The molecule has 3 rings (SSSR count). The molecule has 2 aliphatic heterocycles. The molecule has 0 saturated carbocycles. The van der Waals surface area contributed by atoms with Crippen LogP contribution in [0.2, 0.25) is 0 Å². The van der Waals surface area contributed by atoms with Crippen LogP contribution in [0.3, 0.4) is 0 Å². The van der Waals surface area contributed by atoms with Gasteiger partial charge in [0.05, 0.1) is 6.54 Å². The number of aliphatic imine (C=N–C) groups is 1. The van der Waals surface area contributed by atoms with Gasteiger partial charge in [0.15, 0.2) is 5.96 Å². The van der Waals surface area contributed by atoms with Crippen LogP contribution in [0.5, 0.6) is 0 Å². The predicted molar refractivity (Wildman–Crippen MR) is 120 cm³/mol. The van der Waals surface area contributed by atoms with Crippen molar-refractivity contribution in [2.45, 2.75) is 59.0 Å². The van der Waals surface area contributed by atoms with E-state index in [0.717, 1.165) is 43.3 Å². The number of rotatable bonds is 8. The molecule has 0 aromatic heterocycles. The van der Waals surface area contributed by atoms with E-state index in [4.69, 9.17) is 4.99 Å². The fourth-order valence-corrected chi connectivity index (χ4v) is 4.28. The summed E-state index contributed by atoms with van der Waals surface area (Å²) in [4.78, 5) is 21.2. The summed E-state index contributed by atoms with van der Waals surface area (Å²) < 4.78 is 0. The first kappa shape index (κ1) is 21.6. The number of nitrogens with zero attached hydrogens (tertiary/aromatic N) is 3. The second kappa shape index (κ2) is 10.6. The van der Waals surface area contributed by atoms with Crippen LogP contribution in [-0.2, 0) is 11.3 Å². The van der Waals surface area contributed by atoms with Gasteiger partial charge < -0.3 is 15.5 Å². The third-order valence-electron chi connectivity index (χ3n) is 5.94. The Morgan fingerprint density at radius 3 is 2.38 bits per heavy atom. The number of hydrogen-bond acceptors (Lipinski definition) is 3. The summed E-state index contributed by atoms with van der Waals surface area (Å²) in [6.45, 7) is 12.4. The van der Waals surface area contributed by atoms with E-state index < -0.39 is 0 Å². The van der Waals surface area contributed by atoms with Gasteiger partial charge in [-0.3, -0.25) is 9.69 Å². The highest BCUT2D eigenvalue weighted by Gasteiger charge is 2.24. The maximum atomic E-state index is 11.9. The molecule has 0 bridgehead atoms. The molecular formula is C23H37N5O. The van der Waals surface area contributed by atoms with Crippen molar-refractivity contribution in [2.75, 3.05) is 37.6 Å². The van der Waals surface area contributed by atoms with Crippen LogP contribution in [0.25, 0.3) is 0 Å². The number of carbonyl (C=O) groups is 1. The van der Waals surface area contributed by atoms with Crippen molar-refractivity contribution < 1.29 is 4.79 Å². The Labute approximate surface area is 175 Å². The number of anilines is 1. The lowest BCUT2D eigenvalue weighted by molar-refractivity contribution is -0.117. The van der Waals surface area contributed by atoms with Crippen LogP contribution in [0.1, 0.15) is 52.0 Å². The molecule has 2 fully saturated rings. The number of nitrogens with one attached hydrogen (secondary N) is 2. The van der Waals surface area contributed by atoms with Crippen LogP contribution in [0.4, 0.5) is 5.69 Å². The standard InChI is InChI=1S/C23H37N5O/c1-4-24-23(26-17-21(18(2)3)27-13-5-6-14-27)25-16-19-9-11-20(12-10-19)28-15-7-8-22(28)29/h9-12,18,21H,4-8,13-17H2,1-3H3,(H2,24,25,26). The van der Waals surface area contributed by atoms with Crippen LogP contribution in [0.15, 0.2) is 29.3 Å². The molecule has 2 N–H and O–H groups in total. The first-order valence-corrected chi connectivity index (χ1v) is 11.2. The summed E-state index contributed by atoms with van der Waals surface area (Å²) in [5.41, 5.74) is 2.15. The van der Waals surface area contributed by atoms with Gasteiger partial charge in [-0.2, -0.15) is 0 Å². The molecule has 160 valence electrons. The number of likely N-dealkylation sites (tertiary alicyclic amines) is 1. The lowest BCUT2D eigenvalue weighted by Gasteiger charge is -2.31. The lowest BCUT2D eigenvalue weighted by Crippen LogP contribution is -2.48. The fourth-order valence-electron chi connectivity index (χ4n) is 4.28. The maximum Gasteiger partial charge on any atom is 0.227 e. The van der Waals surface area contributed by atoms with E-state index >= 15 is 0 Å². The van der Waals surface area contributed by atoms with Crippen molar-refractivity contribution in [3.63, 3.8) is 0 Å². The second-order valence-corrected chi connectivity index (χ2v) is 8.45. The zero-order valence-electron chi connectivity index (χ0n) is 18.3. The third kappa shape index (κ3) is 5.95. The number of hydrogen-bond donors (Lipinski definition) is 2. The van der Waals surface area contributed by atoms with Crippen molar-refractivity contribution in [1.82, 2.24) is 15.5 Å². The lowest BCUT2D eigenvalue weighted by atomic mass is 10.0. The van der Waals surface area contributed by atoms with Crippen molar-refractivity contribution in [3.05, 3.63) is 29.8 Å². The normalized spacial score (nSPS) is 19.2. The molecular weight excluding hydrogens is 362 g/mol. The van der Waals surface area contributed by atoms with Gasteiger partial charge >= 0.3 is 0 Å². The molecule has 2 saturated heterocycles. The smallest absolute Gasteiger partial charge is 0.227 e. The summed E-state index contributed by atoms with van der Waals surface area (Å²) in [6, 6.07) is 8.77. The average Bonchev–Trinajstić information content (AvgIpc) is 3.38. The number of guanidine groups is 1. The Kier molecular flexibility index (Phi) is 7.92. The van der Waals surface area contributed by atoms with Gasteiger partial charge in [-0.05, 0) is 62.9 Å². The molecule has 2 heterocycles. The first-order chi connectivity index (χ1) is 14.1. The largest absolute Gasteiger partial charge is 0.357 e. The van der Waals surface area contributed by atoms with Crippen molar-refractivity contribution in [1.29, 1.82) is 0 Å². The Hall–Kier alpha value is -2.08. The highest BCUT2D eigenvalue weighted by Crippen LogP contribution is 2.22. The molecule has 29 heavy (non-hydrogen) atoms. The SMILES string of the molecule is CCNC(=NCc1ccc(N2CCCC2=O)cc1)NCC(C(C)C)N1CCCC1. The first-order valence-electron chi connectivity index (χ1n) is 11.2. The summed E-state index contributed by atoms with van der Waals surface area (Å²) in [7, 11) is 0. The van der Waals surface area contributed by atoms with Crippen molar-refractivity contribution in [3.8, 4) is 0 Å². The maximum absolute atomic E-state index is 11.9. The van der Waals surface area contributed by atoms with Crippen LogP contribution >= 0.6 is 0 Å².